The van der Waals surface area contributed by atoms with Gasteiger partial charge in [0, 0.05) is 40.2 Å². The summed E-state index contributed by atoms with van der Waals surface area (Å²) in [6, 6.07) is 13.8. The van der Waals surface area contributed by atoms with E-state index in [1.165, 1.54) is 0 Å². The quantitative estimate of drug-likeness (QED) is 0.563. The largest absolute Gasteiger partial charge is 0.497 e. The van der Waals surface area contributed by atoms with Crippen molar-refractivity contribution < 1.29 is 9.47 Å². The van der Waals surface area contributed by atoms with Gasteiger partial charge in [0.15, 0.2) is 5.84 Å². The average molecular weight is 374 g/mol. The summed E-state index contributed by atoms with van der Waals surface area (Å²) in [5.74, 6) is 7.75. The highest BCUT2D eigenvalue weighted by Crippen LogP contribution is 2.45. The van der Waals surface area contributed by atoms with E-state index in [0.29, 0.717) is 5.84 Å². The summed E-state index contributed by atoms with van der Waals surface area (Å²) in [6.07, 6.45) is 3.77. The lowest BCUT2D eigenvalue weighted by molar-refractivity contribution is 0.390. The van der Waals surface area contributed by atoms with Crippen LogP contribution in [0, 0.1) is 0 Å². The first kappa shape index (κ1) is 17.7. The lowest BCUT2D eigenvalue weighted by atomic mass is 9.90. The van der Waals surface area contributed by atoms with E-state index in [1.807, 2.05) is 42.6 Å². The Bertz CT molecular complexity index is 1040. The Balaban J connectivity index is 1.97. The van der Waals surface area contributed by atoms with Crippen LogP contribution in [0.3, 0.4) is 0 Å². The van der Waals surface area contributed by atoms with Crippen LogP contribution in [0.15, 0.2) is 77.6 Å². The molecule has 0 saturated heterocycles. The number of methoxy groups -OCH3 is 2. The van der Waals surface area contributed by atoms with Crippen molar-refractivity contribution in [3.8, 4) is 11.5 Å². The minimum Gasteiger partial charge on any atom is -0.497 e. The zero-order chi connectivity index (χ0) is 19.7. The van der Waals surface area contributed by atoms with Crippen LogP contribution in [0.5, 0.6) is 11.5 Å². The van der Waals surface area contributed by atoms with Gasteiger partial charge in [-0.15, -0.1) is 0 Å². The molecule has 0 aromatic heterocycles. The molecule has 28 heavy (non-hydrogen) atoms. The number of benzene rings is 2. The second-order valence-corrected chi connectivity index (χ2v) is 6.45. The van der Waals surface area contributed by atoms with Crippen molar-refractivity contribution in [2.45, 2.75) is 6.04 Å². The van der Waals surface area contributed by atoms with Gasteiger partial charge in [-0.25, -0.2) is 0 Å². The van der Waals surface area contributed by atoms with Crippen molar-refractivity contribution in [2.75, 3.05) is 19.5 Å². The third-order valence-corrected chi connectivity index (χ3v) is 5.07. The normalized spacial score (nSPS) is 19.0. The standard InChI is InChI=1S/C22H22N4O2/c1-4-14-15-7-5-6-8-18(15)25-21(17-12-24-22(26-23)20(14)17)16-10-9-13(27-2)11-19(16)28-3/h4-12,21,25H,1,23H2,2-3H3,(H,24,26). The predicted molar refractivity (Wildman–Crippen MR) is 112 cm³/mol. The van der Waals surface area contributed by atoms with Crippen LogP contribution in [-0.4, -0.2) is 20.1 Å². The molecule has 4 N–H and O–H groups in total. The Kier molecular flexibility index (Phi) is 4.53. The zero-order valence-electron chi connectivity index (χ0n) is 15.8. The maximum Gasteiger partial charge on any atom is 0.157 e. The van der Waals surface area contributed by atoms with Gasteiger partial charge < -0.3 is 25.9 Å². The second kappa shape index (κ2) is 7.15. The summed E-state index contributed by atoms with van der Waals surface area (Å²) in [7, 11) is 3.29. The van der Waals surface area contributed by atoms with Gasteiger partial charge in [0.1, 0.15) is 11.5 Å². The van der Waals surface area contributed by atoms with Gasteiger partial charge >= 0.3 is 0 Å². The highest BCUT2D eigenvalue weighted by atomic mass is 16.5. The molecule has 2 aliphatic heterocycles. The number of amidine groups is 1. The third kappa shape index (κ3) is 2.70. The summed E-state index contributed by atoms with van der Waals surface area (Å²) in [5.41, 5.74) is 5.93. The van der Waals surface area contributed by atoms with Crippen molar-refractivity contribution >= 4 is 17.1 Å². The molecule has 4 rings (SSSR count). The molecule has 6 heteroatoms. The number of hydrazone groups is 1. The molecule has 0 aliphatic carbocycles. The van der Waals surface area contributed by atoms with Gasteiger partial charge in [-0.1, -0.05) is 30.9 Å². The molecule has 0 amide bonds. The average Bonchev–Trinajstić information content (AvgIpc) is 3.10. The number of nitrogens with zero attached hydrogens (tertiary/aromatic N) is 1. The molecule has 0 saturated carbocycles. The number of hydrogen-bond acceptors (Lipinski definition) is 5. The summed E-state index contributed by atoms with van der Waals surface area (Å²) >= 11 is 0. The topological polar surface area (TPSA) is 80.9 Å². The summed E-state index contributed by atoms with van der Waals surface area (Å²) < 4.78 is 11.0. The van der Waals surface area contributed by atoms with Gasteiger partial charge in [0.2, 0.25) is 0 Å². The molecule has 0 fully saturated rings. The number of nitrogens with one attached hydrogen (secondary N) is 2. The number of anilines is 1. The summed E-state index contributed by atoms with van der Waals surface area (Å²) in [6.45, 7) is 4.03. The Hall–Kier alpha value is -3.67. The van der Waals surface area contributed by atoms with Crippen LogP contribution in [0.1, 0.15) is 17.2 Å². The van der Waals surface area contributed by atoms with Gasteiger partial charge in [-0.05, 0) is 23.8 Å². The van der Waals surface area contributed by atoms with Gasteiger partial charge in [0.25, 0.3) is 0 Å². The fraction of sp³-hybridized carbons (Fsp3) is 0.136. The molecule has 2 aromatic rings. The number of rotatable bonds is 4. The van der Waals surface area contributed by atoms with E-state index < -0.39 is 0 Å². The van der Waals surface area contributed by atoms with E-state index in [9.17, 15) is 0 Å². The molecule has 1 atom stereocenters. The van der Waals surface area contributed by atoms with Gasteiger partial charge in [-0.3, -0.25) is 0 Å². The number of ether oxygens (including phenoxy) is 2. The molecule has 2 heterocycles. The smallest absolute Gasteiger partial charge is 0.157 e. The first-order chi connectivity index (χ1) is 13.7. The number of fused-ring (bicyclic) bond motifs is 2. The van der Waals surface area contributed by atoms with Crippen LogP contribution in [0.4, 0.5) is 5.69 Å². The second-order valence-electron chi connectivity index (χ2n) is 6.45. The molecule has 0 spiro atoms. The fourth-order valence-electron chi connectivity index (χ4n) is 3.77. The number of hydrogen-bond donors (Lipinski definition) is 3. The van der Waals surface area contributed by atoms with E-state index >= 15 is 0 Å². The molecule has 2 aliphatic rings. The first-order valence-corrected chi connectivity index (χ1v) is 8.91. The van der Waals surface area contributed by atoms with Crippen LogP contribution in [-0.2, 0) is 0 Å². The van der Waals surface area contributed by atoms with Crippen LogP contribution in [0.2, 0.25) is 0 Å². The molecular formula is C22H22N4O2. The van der Waals surface area contributed by atoms with E-state index in [1.54, 1.807) is 14.2 Å². The van der Waals surface area contributed by atoms with Crippen LogP contribution < -0.4 is 25.9 Å². The van der Waals surface area contributed by atoms with Crippen LogP contribution in [0.25, 0.3) is 5.57 Å². The Morgan fingerprint density at radius 3 is 2.68 bits per heavy atom. The predicted octanol–water partition coefficient (Wildman–Crippen LogP) is 3.57. The number of allylic oxidation sites excluding steroid dienone is 2. The molecule has 6 nitrogen and oxygen atoms in total. The summed E-state index contributed by atoms with van der Waals surface area (Å²) in [5, 5.41) is 10.8. The molecule has 1 unspecified atom stereocenters. The SMILES string of the molecule is C=CC1=C2C(=CN/C2=N/N)C(c2ccc(OC)cc2OC)Nc2ccccc21. The van der Waals surface area contributed by atoms with E-state index in [4.69, 9.17) is 15.3 Å². The van der Waals surface area contributed by atoms with E-state index in [-0.39, 0.29) is 6.04 Å². The van der Waals surface area contributed by atoms with Crippen molar-refractivity contribution in [3.05, 3.63) is 83.6 Å². The van der Waals surface area contributed by atoms with Gasteiger partial charge in [0.05, 0.1) is 20.3 Å². The van der Waals surface area contributed by atoms with Gasteiger partial charge in [-0.2, -0.15) is 5.10 Å². The van der Waals surface area contributed by atoms with Crippen molar-refractivity contribution in [2.24, 2.45) is 10.9 Å². The molecule has 0 radical (unpaired) electrons. The van der Waals surface area contributed by atoms with Crippen LogP contribution >= 0.6 is 0 Å². The fourth-order valence-corrected chi connectivity index (χ4v) is 3.77. The lowest BCUT2D eigenvalue weighted by Crippen LogP contribution is -2.17. The van der Waals surface area contributed by atoms with Crippen molar-refractivity contribution in [1.82, 2.24) is 5.32 Å². The zero-order valence-corrected chi connectivity index (χ0v) is 15.8. The van der Waals surface area contributed by atoms with E-state index in [2.05, 4.69) is 34.4 Å². The number of para-hydroxylation sites is 1. The highest BCUT2D eigenvalue weighted by Gasteiger charge is 2.34. The molecule has 0 bridgehead atoms. The monoisotopic (exact) mass is 374 g/mol. The highest BCUT2D eigenvalue weighted by molar-refractivity contribution is 6.14. The minimum atomic E-state index is -0.179. The third-order valence-electron chi connectivity index (χ3n) is 5.07. The Labute approximate surface area is 164 Å². The summed E-state index contributed by atoms with van der Waals surface area (Å²) in [4.78, 5) is 0. The van der Waals surface area contributed by atoms with E-state index in [0.717, 1.165) is 45.0 Å². The number of nitrogens with two attached hydrogens (primary N) is 1. The Morgan fingerprint density at radius 2 is 1.96 bits per heavy atom. The lowest BCUT2D eigenvalue weighted by Gasteiger charge is -2.23. The van der Waals surface area contributed by atoms with Crippen molar-refractivity contribution in [3.63, 3.8) is 0 Å². The first-order valence-electron chi connectivity index (χ1n) is 8.91. The Morgan fingerprint density at radius 1 is 1.14 bits per heavy atom. The minimum absolute atomic E-state index is 0.179. The molecular weight excluding hydrogens is 352 g/mol. The van der Waals surface area contributed by atoms with Crippen molar-refractivity contribution in [1.29, 1.82) is 0 Å². The maximum atomic E-state index is 5.67. The molecule has 142 valence electrons. The maximum absolute atomic E-state index is 5.67. The molecule has 2 aromatic carbocycles.